The average molecular weight is 257 g/mol. The van der Waals surface area contributed by atoms with Crippen LogP contribution in [0.4, 0.5) is 11.4 Å². The van der Waals surface area contributed by atoms with Crippen molar-refractivity contribution in [3.05, 3.63) is 24.3 Å². The molecular weight excluding hydrogens is 242 g/mol. The summed E-state index contributed by atoms with van der Waals surface area (Å²) in [7, 11) is -3.70. The summed E-state index contributed by atoms with van der Waals surface area (Å²) in [6, 6.07) is 7.10. The number of anilines is 2. The molecule has 6 nitrogen and oxygen atoms in total. The van der Waals surface area contributed by atoms with Crippen molar-refractivity contribution in [1.29, 1.82) is 0 Å². The summed E-state index contributed by atoms with van der Waals surface area (Å²) < 4.78 is 29.1. The molecular formula is C10H15N3O3S. The fourth-order valence-electron chi connectivity index (χ4n) is 1.73. The van der Waals surface area contributed by atoms with Crippen LogP contribution in [0.5, 0.6) is 0 Å². The quantitative estimate of drug-likeness (QED) is 0.806. The van der Waals surface area contributed by atoms with Crippen LogP contribution in [0.3, 0.4) is 0 Å². The van der Waals surface area contributed by atoms with E-state index in [0.717, 1.165) is 32.0 Å². The maximum atomic E-state index is 10.8. The molecule has 1 heterocycles. The summed E-state index contributed by atoms with van der Waals surface area (Å²) >= 11 is 0. The Morgan fingerprint density at radius 3 is 2.29 bits per heavy atom. The second kappa shape index (κ2) is 4.91. The Morgan fingerprint density at radius 1 is 1.18 bits per heavy atom. The van der Waals surface area contributed by atoms with Gasteiger partial charge in [-0.25, -0.2) is 5.14 Å². The number of hydrogen-bond donors (Lipinski definition) is 2. The molecule has 94 valence electrons. The van der Waals surface area contributed by atoms with Crippen LogP contribution in [0.1, 0.15) is 0 Å². The molecule has 1 aromatic rings. The first-order valence-electron chi connectivity index (χ1n) is 5.28. The van der Waals surface area contributed by atoms with Gasteiger partial charge in [0.2, 0.25) is 0 Å². The Hall–Kier alpha value is -1.31. The van der Waals surface area contributed by atoms with Crippen molar-refractivity contribution in [1.82, 2.24) is 0 Å². The van der Waals surface area contributed by atoms with Crippen LogP contribution >= 0.6 is 0 Å². The lowest BCUT2D eigenvalue weighted by Gasteiger charge is -2.28. The Bertz CT molecular complexity index is 466. The van der Waals surface area contributed by atoms with E-state index in [4.69, 9.17) is 9.88 Å². The number of rotatable bonds is 3. The van der Waals surface area contributed by atoms with Gasteiger partial charge in [0.05, 0.1) is 13.2 Å². The molecule has 0 aliphatic carbocycles. The summed E-state index contributed by atoms with van der Waals surface area (Å²) in [5.41, 5.74) is 1.51. The summed E-state index contributed by atoms with van der Waals surface area (Å²) in [6.07, 6.45) is 0. The van der Waals surface area contributed by atoms with Crippen LogP contribution in [0, 0.1) is 0 Å². The van der Waals surface area contributed by atoms with Gasteiger partial charge in [0, 0.05) is 24.5 Å². The third-order valence-electron chi connectivity index (χ3n) is 2.50. The van der Waals surface area contributed by atoms with Crippen LogP contribution in [0.25, 0.3) is 0 Å². The third-order valence-corrected chi connectivity index (χ3v) is 3.02. The number of hydrogen-bond acceptors (Lipinski definition) is 4. The molecule has 1 fully saturated rings. The fourth-order valence-corrected chi connectivity index (χ4v) is 2.19. The van der Waals surface area contributed by atoms with Gasteiger partial charge >= 0.3 is 0 Å². The molecule has 3 N–H and O–H groups in total. The molecule has 0 aromatic heterocycles. The van der Waals surface area contributed by atoms with Crippen LogP contribution in [0.2, 0.25) is 0 Å². The molecule has 0 bridgehead atoms. The number of nitrogens with one attached hydrogen (secondary N) is 1. The maximum Gasteiger partial charge on any atom is 0.296 e. The molecule has 0 spiro atoms. The minimum atomic E-state index is -3.70. The van der Waals surface area contributed by atoms with Crippen molar-refractivity contribution in [3.8, 4) is 0 Å². The van der Waals surface area contributed by atoms with E-state index in [0.29, 0.717) is 5.69 Å². The summed E-state index contributed by atoms with van der Waals surface area (Å²) in [5.74, 6) is 0. The first-order chi connectivity index (χ1) is 8.04. The largest absolute Gasteiger partial charge is 0.378 e. The van der Waals surface area contributed by atoms with Crippen molar-refractivity contribution in [3.63, 3.8) is 0 Å². The van der Waals surface area contributed by atoms with Gasteiger partial charge < -0.3 is 9.64 Å². The predicted octanol–water partition coefficient (Wildman–Crippen LogP) is 0.139. The molecule has 1 aromatic carbocycles. The summed E-state index contributed by atoms with van der Waals surface area (Å²) in [5, 5.41) is 4.88. The van der Waals surface area contributed by atoms with E-state index in [2.05, 4.69) is 9.62 Å². The zero-order valence-corrected chi connectivity index (χ0v) is 10.1. The van der Waals surface area contributed by atoms with Crippen molar-refractivity contribution in [2.45, 2.75) is 0 Å². The van der Waals surface area contributed by atoms with Gasteiger partial charge in [-0.2, -0.15) is 8.42 Å². The Labute approximate surface area is 101 Å². The fraction of sp³-hybridized carbons (Fsp3) is 0.400. The van der Waals surface area contributed by atoms with E-state index in [9.17, 15) is 8.42 Å². The molecule has 0 radical (unpaired) electrons. The van der Waals surface area contributed by atoms with Crippen LogP contribution in [-0.4, -0.2) is 34.7 Å². The molecule has 0 saturated carbocycles. The van der Waals surface area contributed by atoms with E-state index in [1.807, 2.05) is 12.1 Å². The Morgan fingerprint density at radius 2 is 1.76 bits per heavy atom. The third kappa shape index (κ3) is 3.58. The molecule has 0 unspecified atom stereocenters. The molecule has 0 amide bonds. The molecule has 17 heavy (non-hydrogen) atoms. The van der Waals surface area contributed by atoms with E-state index in [1.165, 1.54) is 0 Å². The highest BCUT2D eigenvalue weighted by Gasteiger charge is 2.11. The first-order valence-corrected chi connectivity index (χ1v) is 6.82. The lowest BCUT2D eigenvalue weighted by atomic mass is 10.2. The minimum Gasteiger partial charge on any atom is -0.378 e. The molecule has 1 aliphatic heterocycles. The van der Waals surface area contributed by atoms with E-state index in [1.54, 1.807) is 12.1 Å². The van der Waals surface area contributed by atoms with E-state index in [-0.39, 0.29) is 0 Å². The van der Waals surface area contributed by atoms with Gasteiger partial charge in [0.15, 0.2) is 0 Å². The summed E-state index contributed by atoms with van der Waals surface area (Å²) in [4.78, 5) is 2.18. The minimum absolute atomic E-state index is 0.463. The number of nitrogens with two attached hydrogens (primary N) is 1. The first kappa shape index (κ1) is 12.2. The van der Waals surface area contributed by atoms with Crippen LogP contribution < -0.4 is 14.8 Å². The van der Waals surface area contributed by atoms with E-state index < -0.39 is 10.2 Å². The lowest BCUT2D eigenvalue weighted by molar-refractivity contribution is 0.122. The summed E-state index contributed by atoms with van der Waals surface area (Å²) in [6.45, 7) is 3.14. The highest BCUT2D eigenvalue weighted by atomic mass is 32.2. The number of benzene rings is 1. The monoisotopic (exact) mass is 257 g/mol. The van der Waals surface area contributed by atoms with Gasteiger partial charge in [0.25, 0.3) is 10.2 Å². The topological polar surface area (TPSA) is 84.7 Å². The SMILES string of the molecule is NS(=O)(=O)Nc1ccc(N2CCOCC2)cc1. The van der Waals surface area contributed by atoms with E-state index >= 15 is 0 Å². The zero-order chi connectivity index (χ0) is 12.3. The molecule has 2 rings (SSSR count). The predicted molar refractivity (Wildman–Crippen MR) is 66.2 cm³/mol. The van der Waals surface area contributed by atoms with Gasteiger partial charge in [-0.3, -0.25) is 4.72 Å². The van der Waals surface area contributed by atoms with Gasteiger partial charge in [0.1, 0.15) is 0 Å². The Balaban J connectivity index is 2.07. The van der Waals surface area contributed by atoms with Gasteiger partial charge in [-0.05, 0) is 24.3 Å². The van der Waals surface area contributed by atoms with Crippen molar-refractivity contribution >= 4 is 21.6 Å². The molecule has 1 aliphatic rings. The lowest BCUT2D eigenvalue weighted by Crippen LogP contribution is -2.36. The second-order valence-electron chi connectivity index (χ2n) is 3.79. The molecule has 1 saturated heterocycles. The average Bonchev–Trinajstić information content (AvgIpc) is 2.29. The van der Waals surface area contributed by atoms with Crippen molar-refractivity contribution < 1.29 is 13.2 Å². The standard InChI is InChI=1S/C10H15N3O3S/c11-17(14,15)12-9-1-3-10(4-2-9)13-5-7-16-8-6-13/h1-4,12H,5-8H2,(H2,11,14,15). The van der Waals surface area contributed by atoms with Crippen LogP contribution in [-0.2, 0) is 14.9 Å². The number of nitrogens with zero attached hydrogens (tertiary/aromatic N) is 1. The second-order valence-corrected chi connectivity index (χ2v) is 5.09. The van der Waals surface area contributed by atoms with Crippen molar-refractivity contribution in [2.75, 3.05) is 35.9 Å². The zero-order valence-electron chi connectivity index (χ0n) is 9.30. The van der Waals surface area contributed by atoms with Crippen LogP contribution in [0.15, 0.2) is 24.3 Å². The molecule has 7 heteroatoms. The number of morpholine rings is 1. The highest BCUT2D eigenvalue weighted by Crippen LogP contribution is 2.19. The van der Waals surface area contributed by atoms with Gasteiger partial charge in [-0.15, -0.1) is 0 Å². The highest BCUT2D eigenvalue weighted by molar-refractivity contribution is 7.90. The maximum absolute atomic E-state index is 10.8. The smallest absolute Gasteiger partial charge is 0.296 e. The normalized spacial score (nSPS) is 16.9. The van der Waals surface area contributed by atoms with Crippen molar-refractivity contribution in [2.24, 2.45) is 5.14 Å². The Kier molecular flexibility index (Phi) is 3.51. The molecule has 0 atom stereocenters. The van der Waals surface area contributed by atoms with Gasteiger partial charge in [-0.1, -0.05) is 0 Å². The number of ether oxygens (including phenoxy) is 1.